The van der Waals surface area contributed by atoms with Crippen LogP contribution in [0, 0.1) is 0 Å². The van der Waals surface area contributed by atoms with Gasteiger partial charge in [0.05, 0.1) is 5.25 Å². The molecule has 0 radical (unpaired) electrons. The average molecular weight is 437 g/mol. The van der Waals surface area contributed by atoms with Crippen LogP contribution in [0.25, 0.3) is 0 Å². The number of rotatable bonds is 11. The van der Waals surface area contributed by atoms with E-state index in [2.05, 4.69) is 5.32 Å². The third kappa shape index (κ3) is 6.65. The monoisotopic (exact) mass is 436 g/mol. The number of likely N-dealkylation sites (N-methyl/N-ethyl adjacent to an activating group) is 2. The zero-order valence-corrected chi connectivity index (χ0v) is 18.3. The van der Waals surface area contributed by atoms with E-state index in [-0.39, 0.29) is 30.1 Å². The van der Waals surface area contributed by atoms with Crippen molar-refractivity contribution < 1.29 is 23.9 Å². The normalized spacial score (nSPS) is 15.8. The molecule has 164 valence electrons. The van der Waals surface area contributed by atoms with Gasteiger partial charge < -0.3 is 19.9 Å². The Bertz CT molecular complexity index is 758. The summed E-state index contributed by atoms with van der Waals surface area (Å²) in [6, 6.07) is 7.38. The lowest BCUT2D eigenvalue weighted by Gasteiger charge is -2.19. The largest absolute Gasteiger partial charge is 0.445 e. The topological polar surface area (TPSA) is 99.3 Å². The number of carbonyl (C=O) groups excluding carboxylic acids is 4. The second-order valence-corrected chi connectivity index (χ2v) is 8.04. The molecule has 1 aromatic rings. The van der Waals surface area contributed by atoms with Crippen LogP contribution in [0.4, 0.5) is 10.5 Å². The molecule has 1 heterocycles. The Morgan fingerprint density at radius 2 is 1.97 bits per heavy atom. The molecule has 0 aliphatic carbocycles. The smallest absolute Gasteiger partial charge is 0.409 e. The quantitative estimate of drug-likeness (QED) is 0.412. The Hall–Kier alpha value is -2.75. The summed E-state index contributed by atoms with van der Waals surface area (Å²) in [5.74, 6) is -0.240. The van der Waals surface area contributed by atoms with Gasteiger partial charge in [0.1, 0.15) is 6.61 Å². The fourth-order valence-corrected chi connectivity index (χ4v) is 3.45. The van der Waals surface area contributed by atoms with Crippen LogP contribution in [0.15, 0.2) is 24.3 Å². The lowest BCUT2D eigenvalue weighted by Crippen LogP contribution is -2.35. The highest BCUT2D eigenvalue weighted by atomic mass is 32.2. The maximum Gasteiger partial charge on any atom is 0.409 e. The van der Waals surface area contributed by atoms with Crippen molar-refractivity contribution in [2.75, 3.05) is 51.8 Å². The van der Waals surface area contributed by atoms with Gasteiger partial charge in [-0.1, -0.05) is 12.1 Å². The second kappa shape index (κ2) is 11.4. The van der Waals surface area contributed by atoms with Crippen LogP contribution >= 0.6 is 11.8 Å². The van der Waals surface area contributed by atoms with E-state index in [0.29, 0.717) is 32.6 Å². The molecule has 1 unspecified atom stereocenters. The molecule has 0 saturated carbocycles. The summed E-state index contributed by atoms with van der Waals surface area (Å²) in [5.41, 5.74) is 1.68. The number of hydrogen-bond acceptors (Lipinski definition) is 7. The van der Waals surface area contributed by atoms with Crippen molar-refractivity contribution in [3.05, 3.63) is 29.8 Å². The molecule has 0 bridgehead atoms. The van der Waals surface area contributed by atoms with Crippen LogP contribution in [0.2, 0.25) is 0 Å². The third-order valence-corrected chi connectivity index (χ3v) is 5.68. The molecule has 1 atom stereocenters. The fourth-order valence-electron chi connectivity index (χ4n) is 2.81. The summed E-state index contributed by atoms with van der Waals surface area (Å²) in [5, 5.41) is 2.93. The summed E-state index contributed by atoms with van der Waals surface area (Å²) in [6.45, 7) is 1.76. The van der Waals surface area contributed by atoms with Crippen LogP contribution in [-0.4, -0.2) is 90.8 Å². The van der Waals surface area contributed by atoms with Gasteiger partial charge in [-0.05, 0) is 24.0 Å². The predicted molar refractivity (Wildman–Crippen MR) is 115 cm³/mol. The summed E-state index contributed by atoms with van der Waals surface area (Å²) >= 11 is 1.41. The van der Waals surface area contributed by atoms with Crippen LogP contribution in [0.1, 0.15) is 12.0 Å². The maximum absolute atomic E-state index is 12.1. The second-order valence-electron chi connectivity index (χ2n) is 7.00. The van der Waals surface area contributed by atoms with Crippen LogP contribution in [0.3, 0.4) is 0 Å². The van der Waals surface area contributed by atoms with Gasteiger partial charge in [-0.3, -0.25) is 19.3 Å². The molecule has 0 spiro atoms. The third-order valence-electron chi connectivity index (χ3n) is 4.75. The van der Waals surface area contributed by atoms with E-state index in [1.165, 1.54) is 26.5 Å². The molecule has 1 saturated heterocycles. The first-order chi connectivity index (χ1) is 14.3. The molecule has 1 fully saturated rings. The fraction of sp³-hybridized carbons (Fsp3) is 0.500. The predicted octanol–water partition coefficient (Wildman–Crippen LogP) is 1.25. The highest BCUT2D eigenvalue weighted by Gasteiger charge is 2.37. The number of hydrogen-bond donors (Lipinski definition) is 1. The number of ether oxygens (including phenoxy) is 1. The van der Waals surface area contributed by atoms with Crippen molar-refractivity contribution in [2.24, 2.45) is 0 Å². The summed E-state index contributed by atoms with van der Waals surface area (Å²) < 4.78 is 5.26. The summed E-state index contributed by atoms with van der Waals surface area (Å²) in [4.78, 5) is 50.7. The molecule has 2 rings (SSSR count). The molecule has 1 aliphatic rings. The lowest BCUT2D eigenvalue weighted by atomic mass is 10.2. The number of nitrogens with zero attached hydrogens (tertiary/aromatic N) is 3. The first-order valence-electron chi connectivity index (χ1n) is 9.59. The van der Waals surface area contributed by atoms with Gasteiger partial charge in [0.2, 0.25) is 18.2 Å². The molecule has 1 N–H and O–H groups in total. The van der Waals surface area contributed by atoms with Crippen LogP contribution in [0.5, 0.6) is 0 Å². The Morgan fingerprint density at radius 3 is 2.57 bits per heavy atom. The first-order valence-corrected chi connectivity index (χ1v) is 10.9. The van der Waals surface area contributed by atoms with E-state index in [1.807, 2.05) is 30.5 Å². The first kappa shape index (κ1) is 23.5. The Kier molecular flexibility index (Phi) is 8.97. The van der Waals surface area contributed by atoms with Gasteiger partial charge in [-0.25, -0.2) is 4.79 Å². The maximum atomic E-state index is 12.1. The lowest BCUT2D eigenvalue weighted by molar-refractivity contribution is -0.138. The van der Waals surface area contributed by atoms with Crippen molar-refractivity contribution >= 4 is 41.8 Å². The highest BCUT2D eigenvalue weighted by Crippen LogP contribution is 2.22. The van der Waals surface area contributed by atoms with Gasteiger partial charge in [-0.15, -0.1) is 0 Å². The minimum absolute atomic E-state index is 0.116. The van der Waals surface area contributed by atoms with E-state index in [0.717, 1.165) is 11.3 Å². The number of amides is 4. The van der Waals surface area contributed by atoms with Gasteiger partial charge in [-0.2, -0.15) is 11.8 Å². The number of anilines is 1. The van der Waals surface area contributed by atoms with E-state index < -0.39 is 6.09 Å². The Balaban J connectivity index is 1.72. The van der Waals surface area contributed by atoms with Crippen molar-refractivity contribution in [1.29, 1.82) is 0 Å². The minimum atomic E-state index is -0.458. The van der Waals surface area contributed by atoms with E-state index in [4.69, 9.17) is 4.74 Å². The zero-order valence-electron chi connectivity index (χ0n) is 17.5. The molecular formula is C20H28N4O5S. The minimum Gasteiger partial charge on any atom is -0.445 e. The standard InChI is InChI=1S/C20H28N4O5S/c1-22(14-25)10-11-23(2)20(28)29-13-15-4-6-16(7-5-15)21-8-9-24-18(26)12-17(30-3)19(24)27/h4-7,14,17,21H,8-13H2,1-3H3. The van der Waals surface area contributed by atoms with E-state index >= 15 is 0 Å². The van der Waals surface area contributed by atoms with Crippen molar-refractivity contribution in [2.45, 2.75) is 18.3 Å². The van der Waals surface area contributed by atoms with Crippen LogP contribution < -0.4 is 5.32 Å². The number of imide groups is 1. The van der Waals surface area contributed by atoms with Crippen LogP contribution in [-0.2, 0) is 25.7 Å². The SMILES string of the molecule is CSC1CC(=O)N(CCNc2ccc(COC(=O)N(C)CCN(C)C=O)cc2)C1=O. The van der Waals surface area contributed by atoms with Gasteiger partial charge in [0.25, 0.3) is 0 Å². The number of carbonyl (C=O) groups is 4. The highest BCUT2D eigenvalue weighted by molar-refractivity contribution is 8.00. The Morgan fingerprint density at radius 1 is 1.27 bits per heavy atom. The number of likely N-dealkylation sites (tertiary alicyclic amines) is 1. The van der Waals surface area contributed by atoms with Crippen molar-refractivity contribution in [1.82, 2.24) is 14.7 Å². The number of thioether (sulfide) groups is 1. The van der Waals surface area contributed by atoms with Crippen molar-refractivity contribution in [3.63, 3.8) is 0 Å². The summed E-state index contributed by atoms with van der Waals surface area (Å²) in [6.07, 6.45) is 2.36. The van der Waals surface area contributed by atoms with Gasteiger partial charge >= 0.3 is 6.09 Å². The zero-order chi connectivity index (χ0) is 22.1. The van der Waals surface area contributed by atoms with E-state index in [9.17, 15) is 19.2 Å². The van der Waals surface area contributed by atoms with E-state index in [1.54, 1.807) is 14.1 Å². The molecule has 10 heteroatoms. The number of benzene rings is 1. The number of nitrogens with one attached hydrogen (secondary N) is 1. The van der Waals surface area contributed by atoms with Gasteiger partial charge in [0.15, 0.2) is 0 Å². The molecule has 9 nitrogen and oxygen atoms in total. The van der Waals surface area contributed by atoms with Gasteiger partial charge in [0, 0.05) is 52.4 Å². The molecule has 1 aromatic carbocycles. The summed E-state index contributed by atoms with van der Waals surface area (Å²) in [7, 11) is 3.26. The molecule has 0 aromatic heterocycles. The molecule has 1 aliphatic heterocycles. The molecule has 4 amide bonds. The van der Waals surface area contributed by atoms with Crippen molar-refractivity contribution in [3.8, 4) is 0 Å². The molecule has 30 heavy (non-hydrogen) atoms. The molecular weight excluding hydrogens is 408 g/mol. The average Bonchev–Trinajstić information content (AvgIpc) is 3.03. The Labute approximate surface area is 180 Å².